The van der Waals surface area contributed by atoms with E-state index in [0.717, 1.165) is 16.1 Å². The highest BCUT2D eigenvalue weighted by Crippen LogP contribution is 2.35. The molecular weight excluding hydrogens is 461 g/mol. The fourth-order valence-electron chi connectivity index (χ4n) is 3.05. The van der Waals surface area contributed by atoms with Crippen LogP contribution < -0.4 is 19.2 Å². The van der Waals surface area contributed by atoms with Gasteiger partial charge in [-0.3, -0.25) is 9.10 Å². The Balaban J connectivity index is 1.94. The van der Waals surface area contributed by atoms with E-state index in [9.17, 15) is 17.6 Å². The molecule has 0 spiro atoms. The molecule has 0 aliphatic rings. The van der Waals surface area contributed by atoms with E-state index in [2.05, 4.69) is 10.5 Å². The second-order valence-electron chi connectivity index (χ2n) is 7.18. The predicted molar refractivity (Wildman–Crippen MR) is 127 cm³/mol. The number of hydrazone groups is 1. The van der Waals surface area contributed by atoms with Crippen molar-refractivity contribution in [3.8, 4) is 11.5 Å². The zero-order valence-electron chi connectivity index (χ0n) is 18.9. The normalized spacial score (nSPS) is 11.3. The van der Waals surface area contributed by atoms with Gasteiger partial charge in [-0.05, 0) is 37.3 Å². The molecule has 3 rings (SSSR count). The van der Waals surface area contributed by atoms with Crippen LogP contribution in [0.15, 0.2) is 76.7 Å². The highest BCUT2D eigenvalue weighted by Gasteiger charge is 2.29. The number of sulfonamides is 1. The molecule has 10 heteroatoms. The fourth-order valence-corrected chi connectivity index (χ4v) is 4.48. The van der Waals surface area contributed by atoms with Crippen molar-refractivity contribution in [1.82, 2.24) is 5.43 Å². The molecule has 0 fully saturated rings. The van der Waals surface area contributed by atoms with Gasteiger partial charge in [-0.25, -0.2) is 18.2 Å². The number of aryl methyl sites for hydroxylation is 1. The summed E-state index contributed by atoms with van der Waals surface area (Å²) in [5, 5.41) is 3.75. The van der Waals surface area contributed by atoms with Crippen LogP contribution in [0.5, 0.6) is 11.5 Å². The van der Waals surface area contributed by atoms with Crippen LogP contribution in [0.25, 0.3) is 0 Å². The van der Waals surface area contributed by atoms with Gasteiger partial charge < -0.3 is 9.47 Å². The van der Waals surface area contributed by atoms with Gasteiger partial charge in [-0.1, -0.05) is 35.9 Å². The Morgan fingerprint density at radius 2 is 1.76 bits per heavy atom. The Labute approximate surface area is 197 Å². The zero-order chi connectivity index (χ0) is 24.7. The molecule has 0 bridgehead atoms. The number of methoxy groups -OCH3 is 2. The van der Waals surface area contributed by atoms with Gasteiger partial charge in [-0.15, -0.1) is 0 Å². The van der Waals surface area contributed by atoms with Crippen molar-refractivity contribution in [2.45, 2.75) is 11.8 Å². The molecule has 34 heavy (non-hydrogen) atoms. The first-order valence-corrected chi connectivity index (χ1v) is 11.6. The van der Waals surface area contributed by atoms with Crippen LogP contribution in [0.4, 0.5) is 10.1 Å². The number of amides is 1. The third-order valence-corrected chi connectivity index (χ3v) is 6.62. The molecule has 0 heterocycles. The van der Waals surface area contributed by atoms with Crippen LogP contribution in [0, 0.1) is 12.7 Å². The third kappa shape index (κ3) is 5.70. The van der Waals surface area contributed by atoms with Crippen molar-refractivity contribution in [1.29, 1.82) is 0 Å². The Morgan fingerprint density at radius 1 is 1.06 bits per heavy atom. The van der Waals surface area contributed by atoms with Crippen molar-refractivity contribution < 1.29 is 27.1 Å². The first kappa shape index (κ1) is 24.7. The van der Waals surface area contributed by atoms with Gasteiger partial charge in [0.1, 0.15) is 23.9 Å². The maximum atomic E-state index is 13.7. The van der Waals surface area contributed by atoms with E-state index >= 15 is 0 Å². The summed E-state index contributed by atoms with van der Waals surface area (Å²) < 4.78 is 52.2. The molecule has 3 aromatic carbocycles. The van der Waals surface area contributed by atoms with Gasteiger partial charge in [-0.2, -0.15) is 5.10 Å². The molecule has 0 unspecified atom stereocenters. The number of rotatable bonds is 9. The molecule has 1 amide bonds. The second kappa shape index (κ2) is 10.8. The molecular formula is C24H24FN3O5S. The topological polar surface area (TPSA) is 97.3 Å². The van der Waals surface area contributed by atoms with Crippen molar-refractivity contribution in [3.05, 3.63) is 83.7 Å². The Morgan fingerprint density at radius 3 is 2.41 bits per heavy atom. The standard InChI is InChI=1S/C24H24FN3O5S/c1-17-8-11-20(12-9-17)34(30,31)28(22-13-10-19(32-2)14-23(22)33-3)16-24(29)27-26-15-18-6-4-5-7-21(18)25/h4-15H,16H2,1-3H3,(H,27,29)/b26-15-. The fraction of sp³-hybridized carbons (Fsp3) is 0.167. The number of hydrogen-bond acceptors (Lipinski definition) is 6. The lowest BCUT2D eigenvalue weighted by Gasteiger charge is -2.25. The van der Waals surface area contributed by atoms with Crippen LogP contribution in [-0.4, -0.2) is 41.3 Å². The first-order valence-electron chi connectivity index (χ1n) is 10.1. The van der Waals surface area contributed by atoms with Crippen molar-refractivity contribution in [3.63, 3.8) is 0 Å². The van der Waals surface area contributed by atoms with Gasteiger partial charge in [0, 0.05) is 11.6 Å². The Bertz CT molecular complexity index is 1290. The lowest BCUT2D eigenvalue weighted by molar-refractivity contribution is -0.119. The SMILES string of the molecule is COc1ccc(N(CC(=O)N/N=C\c2ccccc2F)S(=O)(=O)c2ccc(C)cc2)c(OC)c1. The third-order valence-electron chi connectivity index (χ3n) is 4.85. The number of benzene rings is 3. The molecule has 0 aromatic heterocycles. The van der Waals surface area contributed by atoms with Crippen molar-refractivity contribution in [2.24, 2.45) is 5.10 Å². The number of carbonyl (C=O) groups excluding carboxylic acids is 1. The quantitative estimate of drug-likeness (QED) is 0.370. The summed E-state index contributed by atoms with van der Waals surface area (Å²) in [6.45, 7) is 1.23. The molecule has 3 aromatic rings. The van der Waals surface area contributed by atoms with Crippen LogP contribution in [0.2, 0.25) is 0 Å². The number of ether oxygens (including phenoxy) is 2. The number of nitrogens with zero attached hydrogens (tertiary/aromatic N) is 2. The number of anilines is 1. The summed E-state index contributed by atoms with van der Waals surface area (Å²) in [6, 6.07) is 16.7. The largest absolute Gasteiger partial charge is 0.497 e. The van der Waals surface area contributed by atoms with Crippen LogP contribution >= 0.6 is 0 Å². The first-order chi connectivity index (χ1) is 16.3. The second-order valence-corrected chi connectivity index (χ2v) is 9.04. The number of nitrogens with one attached hydrogen (secondary N) is 1. The summed E-state index contributed by atoms with van der Waals surface area (Å²) in [5.74, 6) is -0.599. The van der Waals surface area contributed by atoms with Crippen molar-refractivity contribution in [2.75, 3.05) is 25.1 Å². The summed E-state index contributed by atoms with van der Waals surface area (Å²) >= 11 is 0. The highest BCUT2D eigenvalue weighted by molar-refractivity contribution is 7.92. The van der Waals surface area contributed by atoms with E-state index in [4.69, 9.17) is 9.47 Å². The molecule has 8 nitrogen and oxygen atoms in total. The zero-order valence-corrected chi connectivity index (χ0v) is 19.7. The van der Waals surface area contributed by atoms with Gasteiger partial charge in [0.2, 0.25) is 0 Å². The van der Waals surface area contributed by atoms with Crippen LogP contribution in [0.1, 0.15) is 11.1 Å². The van der Waals surface area contributed by atoms with Crippen LogP contribution in [0.3, 0.4) is 0 Å². The molecule has 0 radical (unpaired) electrons. The van der Waals surface area contributed by atoms with E-state index in [-0.39, 0.29) is 21.9 Å². The molecule has 0 aliphatic carbocycles. The number of halogens is 1. The average molecular weight is 486 g/mol. The Kier molecular flexibility index (Phi) is 7.85. The molecule has 0 saturated carbocycles. The lowest BCUT2D eigenvalue weighted by atomic mass is 10.2. The summed E-state index contributed by atoms with van der Waals surface area (Å²) in [7, 11) is -1.31. The van der Waals surface area contributed by atoms with E-state index in [1.165, 1.54) is 56.7 Å². The van der Waals surface area contributed by atoms with E-state index in [1.54, 1.807) is 24.3 Å². The lowest BCUT2D eigenvalue weighted by Crippen LogP contribution is -2.39. The summed E-state index contributed by atoms with van der Waals surface area (Å²) in [4.78, 5) is 12.7. The van der Waals surface area contributed by atoms with Gasteiger partial charge in [0.25, 0.3) is 15.9 Å². The summed E-state index contributed by atoms with van der Waals surface area (Å²) in [5.41, 5.74) is 3.43. The van der Waals surface area contributed by atoms with Gasteiger partial charge in [0.15, 0.2) is 0 Å². The maximum Gasteiger partial charge on any atom is 0.264 e. The predicted octanol–water partition coefficient (Wildman–Crippen LogP) is 3.50. The average Bonchev–Trinajstić information content (AvgIpc) is 2.83. The van der Waals surface area contributed by atoms with Gasteiger partial charge in [0.05, 0.1) is 31.0 Å². The number of hydrogen-bond donors (Lipinski definition) is 1. The number of carbonyl (C=O) groups is 1. The molecule has 0 atom stereocenters. The highest BCUT2D eigenvalue weighted by atomic mass is 32.2. The molecule has 0 aliphatic heterocycles. The molecule has 0 saturated heterocycles. The minimum absolute atomic E-state index is 0.00127. The van der Waals surface area contributed by atoms with E-state index in [1.807, 2.05) is 6.92 Å². The van der Waals surface area contributed by atoms with Gasteiger partial charge >= 0.3 is 0 Å². The van der Waals surface area contributed by atoms with E-state index < -0.39 is 28.3 Å². The minimum atomic E-state index is -4.16. The summed E-state index contributed by atoms with van der Waals surface area (Å²) in [6.07, 6.45) is 1.14. The maximum absolute atomic E-state index is 13.7. The Hall–Kier alpha value is -3.92. The minimum Gasteiger partial charge on any atom is -0.497 e. The smallest absolute Gasteiger partial charge is 0.264 e. The van der Waals surface area contributed by atoms with Crippen LogP contribution in [-0.2, 0) is 14.8 Å². The van der Waals surface area contributed by atoms with Crippen molar-refractivity contribution >= 4 is 27.8 Å². The van der Waals surface area contributed by atoms with E-state index in [0.29, 0.717) is 5.75 Å². The monoisotopic (exact) mass is 485 g/mol. The molecule has 1 N–H and O–H groups in total. The molecule has 178 valence electrons.